The van der Waals surface area contributed by atoms with E-state index in [0.29, 0.717) is 6.04 Å². The van der Waals surface area contributed by atoms with Gasteiger partial charge in [0.1, 0.15) is 0 Å². The maximum atomic E-state index is 13.3. The minimum absolute atomic E-state index is 0.0458. The molecule has 1 saturated carbocycles. The summed E-state index contributed by atoms with van der Waals surface area (Å²) in [6, 6.07) is 14.7. The van der Waals surface area contributed by atoms with Crippen LogP contribution in [0.1, 0.15) is 64.8 Å². The number of nitrogens with one attached hydrogen (secondary N) is 1. The first-order chi connectivity index (χ1) is 14.7. The van der Waals surface area contributed by atoms with Crippen LogP contribution in [-0.4, -0.2) is 17.3 Å². The lowest BCUT2D eigenvalue weighted by molar-refractivity contribution is -0.118. The molecular formula is C26H30N2O3. The van der Waals surface area contributed by atoms with Crippen LogP contribution in [0.4, 0.5) is 5.69 Å². The van der Waals surface area contributed by atoms with E-state index < -0.39 is 5.41 Å². The van der Waals surface area contributed by atoms with Gasteiger partial charge in [-0.2, -0.15) is 0 Å². The molecule has 5 nitrogen and oxygen atoms in total. The molecule has 2 heterocycles. The SMILES string of the molecule is CC(C)n1c(C(C)(C)C)cc2cc(NC(=O)C3(c4ccc5c(c4)OCO5)CC3)ccc21. The summed E-state index contributed by atoms with van der Waals surface area (Å²) in [5, 5.41) is 4.34. The van der Waals surface area contributed by atoms with Crippen LogP contribution in [-0.2, 0) is 15.6 Å². The molecule has 2 aromatic carbocycles. The molecular weight excluding hydrogens is 388 g/mol. The minimum Gasteiger partial charge on any atom is -0.454 e. The highest BCUT2D eigenvalue weighted by atomic mass is 16.7. The van der Waals surface area contributed by atoms with Crippen molar-refractivity contribution in [2.75, 3.05) is 12.1 Å². The lowest BCUT2D eigenvalue weighted by Gasteiger charge is -2.24. The number of anilines is 1. The molecule has 1 aliphatic heterocycles. The molecule has 162 valence electrons. The van der Waals surface area contributed by atoms with Crippen molar-refractivity contribution in [1.82, 2.24) is 4.57 Å². The highest BCUT2D eigenvalue weighted by Gasteiger charge is 2.51. The van der Waals surface area contributed by atoms with Crippen molar-refractivity contribution in [3.8, 4) is 11.5 Å². The second-order valence-corrected chi connectivity index (χ2v) is 10.1. The first-order valence-corrected chi connectivity index (χ1v) is 11.1. The number of benzene rings is 2. The monoisotopic (exact) mass is 418 g/mol. The maximum absolute atomic E-state index is 13.3. The molecule has 0 radical (unpaired) electrons. The zero-order valence-corrected chi connectivity index (χ0v) is 18.9. The predicted octanol–water partition coefficient (Wildman–Crippen LogP) is 5.92. The van der Waals surface area contributed by atoms with Crippen molar-refractivity contribution in [1.29, 1.82) is 0 Å². The third kappa shape index (κ3) is 3.27. The van der Waals surface area contributed by atoms with Gasteiger partial charge >= 0.3 is 0 Å². The highest BCUT2D eigenvalue weighted by molar-refractivity contribution is 6.02. The van der Waals surface area contributed by atoms with E-state index >= 15 is 0 Å². The summed E-state index contributed by atoms with van der Waals surface area (Å²) in [6.45, 7) is 11.4. The number of hydrogen-bond acceptors (Lipinski definition) is 3. The molecule has 0 spiro atoms. The van der Waals surface area contributed by atoms with E-state index in [0.717, 1.165) is 41.0 Å². The van der Waals surface area contributed by atoms with E-state index in [1.165, 1.54) is 11.2 Å². The Kier molecular flexibility index (Phi) is 4.37. The van der Waals surface area contributed by atoms with Gasteiger partial charge < -0.3 is 19.4 Å². The van der Waals surface area contributed by atoms with Crippen LogP contribution in [0.5, 0.6) is 11.5 Å². The van der Waals surface area contributed by atoms with Gasteiger partial charge in [0.05, 0.1) is 5.41 Å². The number of hydrogen-bond donors (Lipinski definition) is 1. The predicted molar refractivity (Wildman–Crippen MR) is 123 cm³/mol. The average Bonchev–Trinajstić information content (AvgIpc) is 3.22. The Labute approximate surface area is 183 Å². The number of carbonyl (C=O) groups is 1. The summed E-state index contributed by atoms with van der Waals surface area (Å²) < 4.78 is 13.3. The number of rotatable bonds is 4. The van der Waals surface area contributed by atoms with E-state index in [-0.39, 0.29) is 18.1 Å². The largest absolute Gasteiger partial charge is 0.454 e. The molecule has 0 bridgehead atoms. The first kappa shape index (κ1) is 20.0. The Hall–Kier alpha value is -2.95. The smallest absolute Gasteiger partial charge is 0.235 e. The summed E-state index contributed by atoms with van der Waals surface area (Å²) in [6.07, 6.45) is 1.69. The summed E-state index contributed by atoms with van der Waals surface area (Å²) in [5.41, 5.74) is 3.91. The summed E-state index contributed by atoms with van der Waals surface area (Å²) in [5.74, 6) is 1.52. The number of carbonyl (C=O) groups excluding carboxylic acids is 1. The van der Waals surface area contributed by atoms with E-state index in [2.05, 4.69) is 62.7 Å². The van der Waals surface area contributed by atoms with Crippen LogP contribution in [0, 0.1) is 0 Å². The molecule has 1 amide bonds. The van der Waals surface area contributed by atoms with Gasteiger partial charge in [-0.1, -0.05) is 26.8 Å². The number of ether oxygens (including phenoxy) is 2. The quantitative estimate of drug-likeness (QED) is 0.572. The molecule has 1 N–H and O–H groups in total. The van der Waals surface area contributed by atoms with Gasteiger partial charge in [0.25, 0.3) is 0 Å². The van der Waals surface area contributed by atoms with Crippen molar-refractivity contribution in [2.45, 2.75) is 64.3 Å². The van der Waals surface area contributed by atoms with E-state index in [1.807, 2.05) is 24.3 Å². The Morgan fingerprint density at radius 1 is 1.03 bits per heavy atom. The van der Waals surface area contributed by atoms with Crippen molar-refractivity contribution in [3.63, 3.8) is 0 Å². The Balaban J connectivity index is 1.45. The molecule has 3 aromatic rings. The van der Waals surface area contributed by atoms with Gasteiger partial charge in [0.2, 0.25) is 12.7 Å². The topological polar surface area (TPSA) is 52.5 Å². The van der Waals surface area contributed by atoms with Crippen molar-refractivity contribution >= 4 is 22.5 Å². The molecule has 1 aliphatic carbocycles. The number of nitrogens with zero attached hydrogens (tertiary/aromatic N) is 1. The number of fused-ring (bicyclic) bond motifs is 2. The molecule has 1 aromatic heterocycles. The van der Waals surface area contributed by atoms with Crippen molar-refractivity contribution in [2.24, 2.45) is 0 Å². The lowest BCUT2D eigenvalue weighted by Crippen LogP contribution is -2.27. The van der Waals surface area contributed by atoms with Gasteiger partial charge in [-0.3, -0.25) is 4.79 Å². The van der Waals surface area contributed by atoms with E-state index in [1.54, 1.807) is 0 Å². The lowest BCUT2D eigenvalue weighted by atomic mass is 9.91. The third-order valence-electron chi connectivity index (χ3n) is 6.49. The Bertz CT molecular complexity index is 1180. The van der Waals surface area contributed by atoms with Crippen LogP contribution in [0.2, 0.25) is 0 Å². The summed E-state index contributed by atoms with van der Waals surface area (Å²) >= 11 is 0. The van der Waals surface area contributed by atoms with E-state index in [4.69, 9.17) is 9.47 Å². The number of aromatic nitrogens is 1. The zero-order valence-electron chi connectivity index (χ0n) is 18.9. The minimum atomic E-state index is -0.476. The highest BCUT2D eigenvalue weighted by Crippen LogP contribution is 2.51. The van der Waals surface area contributed by atoms with Gasteiger partial charge in [0, 0.05) is 33.7 Å². The van der Waals surface area contributed by atoms with Crippen LogP contribution in [0.3, 0.4) is 0 Å². The van der Waals surface area contributed by atoms with Crippen LogP contribution >= 0.6 is 0 Å². The number of amides is 1. The van der Waals surface area contributed by atoms with Gasteiger partial charge in [-0.25, -0.2) is 0 Å². The van der Waals surface area contributed by atoms with Crippen molar-refractivity contribution in [3.05, 3.63) is 53.7 Å². The zero-order chi connectivity index (χ0) is 22.0. The molecule has 1 fully saturated rings. The Morgan fingerprint density at radius 2 is 1.77 bits per heavy atom. The molecule has 31 heavy (non-hydrogen) atoms. The fraction of sp³-hybridized carbons (Fsp3) is 0.423. The normalized spacial score (nSPS) is 16.7. The Morgan fingerprint density at radius 3 is 2.45 bits per heavy atom. The second kappa shape index (κ2) is 6.78. The second-order valence-electron chi connectivity index (χ2n) is 10.1. The molecule has 2 aliphatic rings. The van der Waals surface area contributed by atoms with Crippen LogP contribution < -0.4 is 14.8 Å². The first-order valence-electron chi connectivity index (χ1n) is 11.1. The molecule has 0 atom stereocenters. The molecule has 0 unspecified atom stereocenters. The van der Waals surface area contributed by atoms with Gasteiger partial charge in [-0.15, -0.1) is 0 Å². The van der Waals surface area contributed by atoms with Crippen LogP contribution in [0.25, 0.3) is 10.9 Å². The standard InChI is InChI=1S/C26H30N2O3/c1-16(2)28-20-8-7-19(12-17(20)13-23(28)25(3,4)5)27-24(29)26(10-11-26)18-6-9-21-22(14-18)31-15-30-21/h6-9,12-14,16H,10-11,15H2,1-5H3,(H,27,29). The van der Waals surface area contributed by atoms with Crippen LogP contribution in [0.15, 0.2) is 42.5 Å². The molecule has 5 heteroatoms. The molecule has 0 saturated heterocycles. The van der Waals surface area contributed by atoms with Gasteiger partial charge in [0.15, 0.2) is 11.5 Å². The maximum Gasteiger partial charge on any atom is 0.235 e. The third-order valence-corrected chi connectivity index (χ3v) is 6.49. The summed E-state index contributed by atoms with van der Waals surface area (Å²) in [7, 11) is 0. The average molecular weight is 419 g/mol. The van der Waals surface area contributed by atoms with Gasteiger partial charge in [-0.05, 0) is 68.7 Å². The molecule has 5 rings (SSSR count). The fourth-order valence-electron chi connectivity index (χ4n) is 4.66. The van der Waals surface area contributed by atoms with E-state index in [9.17, 15) is 4.79 Å². The fourth-order valence-corrected chi connectivity index (χ4v) is 4.66. The summed E-state index contributed by atoms with van der Waals surface area (Å²) in [4.78, 5) is 13.3. The van der Waals surface area contributed by atoms with Crippen molar-refractivity contribution < 1.29 is 14.3 Å².